The van der Waals surface area contributed by atoms with Gasteiger partial charge in [-0.05, 0) is 132 Å². The van der Waals surface area contributed by atoms with Crippen LogP contribution >= 0.6 is 46.4 Å². The van der Waals surface area contributed by atoms with E-state index in [1.54, 1.807) is 72.8 Å². The van der Waals surface area contributed by atoms with Crippen molar-refractivity contribution in [1.29, 1.82) is 0 Å². The van der Waals surface area contributed by atoms with Crippen LogP contribution in [0, 0.1) is 11.6 Å². The fourth-order valence-corrected chi connectivity index (χ4v) is 10.7. The number of carboxylic acids is 2. The fourth-order valence-electron chi connectivity index (χ4n) is 10.2. The van der Waals surface area contributed by atoms with Gasteiger partial charge >= 0.3 is 11.9 Å². The number of ether oxygens (including phenoxy) is 2. The molecule has 8 atom stereocenters. The molecule has 2 amide bonds. The van der Waals surface area contributed by atoms with Crippen LogP contribution in [0.5, 0.6) is 0 Å². The molecule has 6 aromatic carbocycles. The van der Waals surface area contributed by atoms with Crippen molar-refractivity contribution in [1.82, 2.24) is 9.80 Å². The number of carbonyl (C=O) groups is 4. The summed E-state index contributed by atoms with van der Waals surface area (Å²) in [5.74, 6) is -2.97. The molecule has 2 aliphatic rings. The molecule has 0 unspecified atom stereocenters. The number of aliphatic carboxylic acids is 2. The molecule has 400 valence electrons. The van der Waals surface area contributed by atoms with Gasteiger partial charge in [0.05, 0.1) is 12.1 Å². The first-order valence-electron chi connectivity index (χ1n) is 25.4. The van der Waals surface area contributed by atoms with Crippen molar-refractivity contribution >= 4 is 70.2 Å². The van der Waals surface area contributed by atoms with E-state index in [9.17, 15) is 38.2 Å². The Morgan fingerprint density at radius 2 is 0.763 bits per heavy atom. The fraction of sp³-hybridized carbons (Fsp3) is 0.333. The van der Waals surface area contributed by atoms with Gasteiger partial charge in [-0.25, -0.2) is 8.78 Å². The number of carbonyl (C=O) groups excluding carboxylic acids is 2. The van der Waals surface area contributed by atoms with E-state index in [1.807, 2.05) is 72.2 Å². The molecule has 2 N–H and O–H groups in total. The number of carboxylic acid groups (broad SMARTS) is 2. The van der Waals surface area contributed by atoms with Crippen molar-refractivity contribution in [2.45, 2.75) is 127 Å². The Balaban J connectivity index is 0.000000221. The van der Waals surface area contributed by atoms with Crippen molar-refractivity contribution in [3.05, 3.63) is 211 Å². The summed E-state index contributed by atoms with van der Waals surface area (Å²) in [7, 11) is 0. The van der Waals surface area contributed by atoms with E-state index in [-0.39, 0.29) is 61.2 Å². The predicted molar refractivity (Wildman–Crippen MR) is 292 cm³/mol. The number of benzene rings is 6. The molecule has 6 aromatic rings. The van der Waals surface area contributed by atoms with Gasteiger partial charge in [-0.1, -0.05) is 146 Å². The molecule has 0 aromatic heterocycles. The first kappa shape index (κ1) is 57.8. The summed E-state index contributed by atoms with van der Waals surface area (Å²) in [4.78, 5) is 55.0. The molecule has 0 radical (unpaired) electrons. The molecule has 2 saturated heterocycles. The van der Waals surface area contributed by atoms with E-state index in [4.69, 9.17) is 55.9 Å². The van der Waals surface area contributed by atoms with Gasteiger partial charge in [0, 0.05) is 57.9 Å². The van der Waals surface area contributed by atoms with E-state index < -0.39 is 48.4 Å². The summed E-state index contributed by atoms with van der Waals surface area (Å²) in [6, 6.07) is 39.6. The average Bonchev–Trinajstić information content (AvgIpc) is 3.40. The Labute approximate surface area is 462 Å². The summed E-state index contributed by atoms with van der Waals surface area (Å²) < 4.78 is 40.2. The Morgan fingerprint density at radius 1 is 0.474 bits per heavy atom. The zero-order chi connectivity index (χ0) is 54.5. The van der Waals surface area contributed by atoms with Gasteiger partial charge in [0.1, 0.15) is 36.1 Å². The Bertz CT molecular complexity index is 2670. The van der Waals surface area contributed by atoms with Gasteiger partial charge < -0.3 is 29.5 Å². The summed E-state index contributed by atoms with van der Waals surface area (Å²) in [5.41, 5.74) is 4.87. The third-order valence-electron chi connectivity index (χ3n) is 13.8. The first-order chi connectivity index (χ1) is 36.5. The molecule has 2 fully saturated rings. The molecule has 10 nitrogen and oxygen atoms in total. The van der Waals surface area contributed by atoms with Gasteiger partial charge in [-0.15, -0.1) is 0 Å². The van der Waals surface area contributed by atoms with E-state index in [1.165, 1.54) is 24.3 Å². The van der Waals surface area contributed by atoms with E-state index in [0.29, 0.717) is 45.8 Å². The summed E-state index contributed by atoms with van der Waals surface area (Å²) in [5, 5.41) is 21.2. The van der Waals surface area contributed by atoms with Crippen molar-refractivity contribution in [2.24, 2.45) is 0 Å². The number of morpholine rings is 2. The number of hydrogen-bond acceptors (Lipinski definition) is 6. The highest BCUT2D eigenvalue weighted by Gasteiger charge is 2.48. The molecule has 2 heterocycles. The first-order valence-corrected chi connectivity index (χ1v) is 26.9. The number of amides is 2. The van der Waals surface area contributed by atoms with Crippen LogP contribution in [-0.4, -0.2) is 68.1 Å². The van der Waals surface area contributed by atoms with Crippen molar-refractivity contribution in [2.75, 3.05) is 0 Å². The molecular weight excluding hydrogens is 1060 g/mol. The smallest absolute Gasteiger partial charge is 0.303 e. The monoisotopic (exact) mass is 1110 g/mol. The molecule has 2 aliphatic heterocycles. The molecule has 8 rings (SSSR count). The second-order valence-corrected chi connectivity index (χ2v) is 20.8. The normalized spacial score (nSPS) is 20.4. The highest BCUT2D eigenvalue weighted by Crippen LogP contribution is 2.47. The summed E-state index contributed by atoms with van der Waals surface area (Å²) >= 11 is 24.7. The Kier molecular flexibility index (Phi) is 20.9. The minimum atomic E-state index is -0.910. The Hall–Kier alpha value is -5.86. The molecule has 76 heavy (non-hydrogen) atoms. The zero-order valence-corrected chi connectivity index (χ0v) is 45.1. The highest BCUT2D eigenvalue weighted by molar-refractivity contribution is 6.31. The average molecular weight is 1120 g/mol. The van der Waals surface area contributed by atoms with E-state index >= 15 is 0 Å². The van der Waals surface area contributed by atoms with Gasteiger partial charge in [-0.2, -0.15) is 0 Å². The van der Waals surface area contributed by atoms with E-state index in [0.717, 1.165) is 46.2 Å². The molecule has 0 saturated carbocycles. The maximum absolute atomic E-state index is 14.2. The van der Waals surface area contributed by atoms with Crippen LogP contribution in [0.1, 0.15) is 123 Å². The van der Waals surface area contributed by atoms with Gasteiger partial charge in [0.2, 0.25) is 0 Å². The lowest BCUT2D eigenvalue weighted by molar-refractivity contribution is -0.180. The van der Waals surface area contributed by atoms with Crippen LogP contribution in [0.2, 0.25) is 20.1 Å². The number of rotatable bonds is 20. The number of halogens is 6. The zero-order valence-electron chi connectivity index (χ0n) is 42.1. The second kappa shape index (κ2) is 27.5. The minimum Gasteiger partial charge on any atom is -0.481 e. The van der Waals surface area contributed by atoms with Crippen LogP contribution in [0.25, 0.3) is 0 Å². The van der Waals surface area contributed by atoms with Gasteiger partial charge in [0.15, 0.2) is 0 Å². The molecular formula is C60H60Cl4F2N2O8. The highest BCUT2D eigenvalue weighted by atomic mass is 35.5. The standard InChI is InChI=1S/2C30H30Cl2FNO4/c2*1-2-3-25(16-17-27(35)36)34-28(20-6-10-22(31)11-7-20)29(21-8-12-23(32)13-9-21)38-26(30(34)37)18-19-4-14-24(33)15-5-19/h2*4-15,25-26,28-29H,2-3,16-18H2,1H3,(H,35,36)/t25-,26+,28+,29-;25-,26+,28-,29+/m01/s1. The lowest BCUT2D eigenvalue weighted by atomic mass is 9.88. The van der Waals surface area contributed by atoms with E-state index in [2.05, 4.69) is 0 Å². The van der Waals surface area contributed by atoms with Crippen LogP contribution in [-0.2, 0) is 41.5 Å². The number of nitrogens with zero attached hydrogens (tertiary/aromatic N) is 2. The summed E-state index contributed by atoms with van der Waals surface area (Å²) in [6.45, 7) is 4.03. The minimum absolute atomic E-state index is 0.0586. The van der Waals surface area contributed by atoms with Gasteiger partial charge in [0.25, 0.3) is 11.8 Å². The second-order valence-electron chi connectivity index (χ2n) is 19.1. The molecule has 0 bridgehead atoms. The Morgan fingerprint density at radius 3 is 1.04 bits per heavy atom. The quantitative estimate of drug-likeness (QED) is 0.0772. The number of hydrogen-bond donors (Lipinski definition) is 2. The van der Waals surface area contributed by atoms with Crippen LogP contribution in [0.15, 0.2) is 146 Å². The molecule has 0 spiro atoms. The van der Waals surface area contributed by atoms with Crippen molar-refractivity contribution in [3.8, 4) is 0 Å². The summed E-state index contributed by atoms with van der Waals surface area (Å²) in [6.07, 6.45) is 1.06. The predicted octanol–water partition coefficient (Wildman–Crippen LogP) is 14.8. The largest absolute Gasteiger partial charge is 0.481 e. The third kappa shape index (κ3) is 15.2. The molecule has 16 heteroatoms. The SMILES string of the molecule is CCC[C@@H](CCC(=O)O)N1C(=O)[C@@H](Cc2ccc(F)cc2)O[C@@H](c2ccc(Cl)cc2)[C@H]1c1ccc(Cl)cc1.CCC[C@H](CCC(=O)O)N1C(=O)[C@H](Cc2ccc(F)cc2)O[C@@H](c2ccc(Cl)cc2)[C@H]1c1ccc(Cl)cc1. The lowest BCUT2D eigenvalue weighted by Crippen LogP contribution is -2.55. The topological polar surface area (TPSA) is 134 Å². The maximum Gasteiger partial charge on any atom is 0.303 e. The maximum atomic E-state index is 14.2. The molecule has 0 aliphatic carbocycles. The van der Waals surface area contributed by atoms with Gasteiger partial charge in [-0.3, -0.25) is 19.2 Å². The lowest BCUT2D eigenvalue weighted by Gasteiger charge is -2.48. The van der Waals surface area contributed by atoms with Crippen LogP contribution in [0.4, 0.5) is 8.78 Å². The van der Waals surface area contributed by atoms with Crippen LogP contribution < -0.4 is 0 Å². The third-order valence-corrected chi connectivity index (χ3v) is 14.8. The van der Waals surface area contributed by atoms with Crippen LogP contribution in [0.3, 0.4) is 0 Å². The van der Waals surface area contributed by atoms with Crippen molar-refractivity contribution < 1.29 is 47.6 Å². The van der Waals surface area contributed by atoms with Crippen molar-refractivity contribution in [3.63, 3.8) is 0 Å².